The van der Waals surface area contributed by atoms with Gasteiger partial charge in [0, 0.05) is 23.0 Å². The van der Waals surface area contributed by atoms with Crippen LogP contribution in [-0.2, 0) is 11.4 Å². The third-order valence-corrected chi connectivity index (χ3v) is 6.37. The number of hydrogen-bond donors (Lipinski definition) is 4. The van der Waals surface area contributed by atoms with E-state index in [1.54, 1.807) is 24.4 Å². The predicted octanol–water partition coefficient (Wildman–Crippen LogP) is 1.72. The second kappa shape index (κ2) is 9.48. The van der Waals surface area contributed by atoms with Crippen molar-refractivity contribution in [3.8, 4) is 17.4 Å². The van der Waals surface area contributed by atoms with Crippen LogP contribution in [0.3, 0.4) is 0 Å². The monoisotopic (exact) mass is 501 g/mol. The van der Waals surface area contributed by atoms with Gasteiger partial charge in [0.1, 0.15) is 12.9 Å². The third-order valence-electron chi connectivity index (χ3n) is 6.37. The number of hydrogen-bond acceptors (Lipinski definition) is 10. The van der Waals surface area contributed by atoms with Crippen LogP contribution in [0.4, 0.5) is 0 Å². The van der Waals surface area contributed by atoms with Gasteiger partial charge in [-0.15, -0.1) is 15.3 Å². The normalized spacial score (nSPS) is 20.4. The Morgan fingerprint density at radius 3 is 2.84 bits per heavy atom. The van der Waals surface area contributed by atoms with Crippen molar-refractivity contribution in [1.82, 2.24) is 35.6 Å². The van der Waals surface area contributed by atoms with Crippen LogP contribution in [0.5, 0.6) is 5.88 Å². The van der Waals surface area contributed by atoms with E-state index >= 15 is 0 Å². The zero-order valence-corrected chi connectivity index (χ0v) is 19.5. The number of aliphatic hydroxyl groups excluding tert-OH is 2. The number of ether oxygens (including phenoxy) is 1. The minimum Gasteiger partial charge on any atom is -0.443 e. The Hall–Kier alpha value is -4.55. The van der Waals surface area contributed by atoms with Crippen LogP contribution in [0.2, 0.25) is 0 Å². The molecule has 1 fully saturated rings. The van der Waals surface area contributed by atoms with Crippen molar-refractivity contribution >= 4 is 22.3 Å². The van der Waals surface area contributed by atoms with E-state index in [0.717, 1.165) is 23.6 Å². The van der Waals surface area contributed by atoms with Gasteiger partial charge in [-0.1, -0.05) is 23.4 Å². The van der Waals surface area contributed by atoms with Gasteiger partial charge in [0.15, 0.2) is 17.1 Å². The summed E-state index contributed by atoms with van der Waals surface area (Å²) < 4.78 is 12.6. The van der Waals surface area contributed by atoms with Gasteiger partial charge >= 0.3 is 0 Å². The van der Waals surface area contributed by atoms with Gasteiger partial charge in [-0.25, -0.2) is 0 Å². The number of benzene rings is 1. The summed E-state index contributed by atoms with van der Waals surface area (Å²) >= 11 is 0. The maximum absolute atomic E-state index is 12.5. The highest BCUT2D eigenvalue weighted by atomic mass is 16.5. The van der Waals surface area contributed by atoms with Gasteiger partial charge in [0.05, 0.1) is 23.4 Å². The maximum atomic E-state index is 12.5. The molecule has 2 atom stereocenters. The summed E-state index contributed by atoms with van der Waals surface area (Å²) in [4.78, 5) is 12.5. The number of aliphatic hydroxyl groups is 2. The van der Waals surface area contributed by atoms with Crippen LogP contribution in [-0.4, -0.2) is 53.2 Å². The van der Waals surface area contributed by atoms with Crippen molar-refractivity contribution in [3.63, 3.8) is 0 Å². The number of aromatic nitrogens is 5. The van der Waals surface area contributed by atoms with Gasteiger partial charge in [-0.3, -0.25) is 4.79 Å². The molecule has 12 nitrogen and oxygen atoms in total. The number of nitrogens with zero attached hydrogens (tertiary/aromatic N) is 5. The average Bonchev–Trinajstić information content (AvgIpc) is 3.67. The first-order valence-corrected chi connectivity index (χ1v) is 11.8. The van der Waals surface area contributed by atoms with E-state index in [1.807, 2.05) is 24.3 Å². The number of nitrogens with one attached hydrogen (secondary N) is 2. The number of carbonyl (C=O) groups is 1. The molecule has 37 heavy (non-hydrogen) atoms. The molecule has 4 aromatic rings. The van der Waals surface area contributed by atoms with Crippen molar-refractivity contribution in [1.29, 1.82) is 0 Å². The molecule has 1 aliphatic carbocycles. The maximum Gasteiger partial charge on any atom is 0.253 e. The van der Waals surface area contributed by atoms with Crippen LogP contribution in [0.15, 0.2) is 70.7 Å². The molecule has 1 saturated carbocycles. The van der Waals surface area contributed by atoms with Crippen molar-refractivity contribution in [2.24, 2.45) is 0 Å². The highest BCUT2D eigenvalue weighted by Gasteiger charge is 2.27. The Kier molecular flexibility index (Phi) is 5.87. The average molecular weight is 502 g/mol. The Balaban J connectivity index is 1.25. The second-order valence-electron chi connectivity index (χ2n) is 8.79. The summed E-state index contributed by atoms with van der Waals surface area (Å²) in [5.41, 5.74) is 1.95. The Morgan fingerprint density at radius 1 is 1.24 bits per heavy atom. The lowest BCUT2D eigenvalue weighted by Crippen LogP contribution is -2.40. The molecule has 0 saturated heterocycles. The van der Waals surface area contributed by atoms with Crippen LogP contribution in [0.25, 0.3) is 27.9 Å². The zero-order valence-electron chi connectivity index (χ0n) is 19.5. The molecule has 0 bridgehead atoms. The van der Waals surface area contributed by atoms with Crippen LogP contribution in [0.1, 0.15) is 25.0 Å². The van der Waals surface area contributed by atoms with Crippen LogP contribution in [0, 0.1) is 0 Å². The van der Waals surface area contributed by atoms with Crippen molar-refractivity contribution in [2.75, 3.05) is 0 Å². The SMILES string of the molecule is O=C(N[C@H]1CCC[C@@H]1O)C1=CNC(=COc2nn3c(-c4cc(CO)on4)nnc3c3ccccc23)C=C1. The number of fused-ring (bicyclic) bond motifs is 3. The summed E-state index contributed by atoms with van der Waals surface area (Å²) in [7, 11) is 0. The number of allylic oxidation sites excluding steroid dienone is 1. The zero-order chi connectivity index (χ0) is 25.4. The van der Waals surface area contributed by atoms with Crippen molar-refractivity contribution < 1.29 is 24.3 Å². The van der Waals surface area contributed by atoms with E-state index < -0.39 is 6.10 Å². The molecule has 1 amide bonds. The molecule has 0 unspecified atom stereocenters. The first-order valence-electron chi connectivity index (χ1n) is 11.8. The molecule has 1 aromatic carbocycles. The van der Waals surface area contributed by atoms with Crippen LogP contribution >= 0.6 is 0 Å². The lowest BCUT2D eigenvalue weighted by molar-refractivity contribution is -0.118. The summed E-state index contributed by atoms with van der Waals surface area (Å²) in [6, 6.07) is 8.86. The number of dihydropyridines is 1. The van der Waals surface area contributed by atoms with Gasteiger partial charge < -0.3 is 30.1 Å². The molecular formula is C25H23N7O5. The Morgan fingerprint density at radius 2 is 2.11 bits per heavy atom. The first-order chi connectivity index (χ1) is 18.1. The van der Waals surface area contributed by atoms with Gasteiger partial charge in [-0.2, -0.15) is 4.52 Å². The highest BCUT2D eigenvalue weighted by molar-refractivity contribution is 5.97. The van der Waals surface area contributed by atoms with E-state index in [9.17, 15) is 15.0 Å². The Labute approximate surface area is 209 Å². The molecule has 0 spiro atoms. The standard InChI is InChI=1S/C25H23N7O5/c33-12-16-10-20(31-37-16)23-29-28-22-17-4-1-2-5-18(17)25(30-32(22)23)36-13-15-9-8-14(11-26-15)24(35)27-19-6-3-7-21(19)34/h1-2,4-5,8-11,13,19,21,26,33-34H,3,6-7,12H2,(H,27,35)/t19-,21-/m0/s1. The van der Waals surface area contributed by atoms with Crippen molar-refractivity contribution in [2.45, 2.75) is 38.0 Å². The van der Waals surface area contributed by atoms with Gasteiger partial charge in [-0.05, 0) is 37.5 Å². The molecule has 4 heterocycles. The number of amides is 1. The van der Waals surface area contributed by atoms with Crippen molar-refractivity contribution in [3.05, 3.63) is 72.0 Å². The smallest absolute Gasteiger partial charge is 0.253 e. The lowest BCUT2D eigenvalue weighted by atomic mass is 10.1. The van der Waals surface area contributed by atoms with E-state index in [1.165, 1.54) is 10.8 Å². The number of carbonyl (C=O) groups excluding carboxylic acids is 1. The largest absolute Gasteiger partial charge is 0.443 e. The summed E-state index contributed by atoms with van der Waals surface area (Å²) in [5, 5.41) is 43.7. The predicted molar refractivity (Wildman–Crippen MR) is 131 cm³/mol. The topological polar surface area (TPSA) is 160 Å². The fourth-order valence-corrected chi connectivity index (χ4v) is 4.42. The lowest BCUT2D eigenvalue weighted by Gasteiger charge is -2.18. The van der Waals surface area contributed by atoms with Gasteiger partial charge in [0.25, 0.3) is 5.91 Å². The molecule has 0 radical (unpaired) electrons. The second-order valence-corrected chi connectivity index (χ2v) is 8.79. The quantitative estimate of drug-likeness (QED) is 0.286. The molecule has 12 heteroatoms. The first kappa shape index (κ1) is 22.9. The molecule has 2 aliphatic rings. The summed E-state index contributed by atoms with van der Waals surface area (Å²) in [6.07, 6.45) is 8.35. The Bertz CT molecular complexity index is 1580. The third kappa shape index (κ3) is 4.32. The molecule has 3 aromatic heterocycles. The molecule has 188 valence electrons. The summed E-state index contributed by atoms with van der Waals surface area (Å²) in [6.45, 7) is -0.289. The molecule has 4 N–H and O–H groups in total. The summed E-state index contributed by atoms with van der Waals surface area (Å²) in [5.74, 6) is 0.693. The van der Waals surface area contributed by atoms with E-state index in [2.05, 4.69) is 31.1 Å². The van der Waals surface area contributed by atoms with E-state index in [4.69, 9.17) is 9.26 Å². The van der Waals surface area contributed by atoms with E-state index in [0.29, 0.717) is 46.5 Å². The minimum absolute atomic E-state index is 0.216. The van der Waals surface area contributed by atoms with Gasteiger partial charge in [0.2, 0.25) is 11.7 Å². The highest BCUT2D eigenvalue weighted by Crippen LogP contribution is 2.29. The number of rotatable bonds is 6. The molecular weight excluding hydrogens is 478 g/mol. The van der Waals surface area contributed by atoms with Crippen LogP contribution < -0.4 is 15.4 Å². The van der Waals surface area contributed by atoms with E-state index in [-0.39, 0.29) is 18.6 Å². The fraction of sp³-hybridized carbons (Fsp3) is 0.240. The fourth-order valence-electron chi connectivity index (χ4n) is 4.42. The molecule has 1 aliphatic heterocycles. The minimum atomic E-state index is -0.499. The molecule has 6 rings (SSSR count).